The number of nitrogen functional groups attached to an aromatic ring is 1. The molecule has 106 valence electrons. The Kier molecular flexibility index (Phi) is 4.59. The first-order chi connectivity index (χ1) is 9.49. The van der Waals surface area contributed by atoms with Crippen molar-refractivity contribution in [3.63, 3.8) is 0 Å². The zero-order valence-corrected chi connectivity index (χ0v) is 12.2. The molecule has 0 radical (unpaired) electrons. The van der Waals surface area contributed by atoms with E-state index in [1.807, 2.05) is 6.07 Å². The standard InChI is InChI=1S/C13H14ClN3O2S/c14-11-3-4-13(12(15)8-11)20(18,19)17-7-5-10-2-1-6-16-9-10/h1-4,6,8-9,17H,5,7,15H2. The predicted molar refractivity (Wildman–Crippen MR) is 79.0 cm³/mol. The van der Waals surface area contributed by atoms with E-state index in [4.69, 9.17) is 17.3 Å². The molecule has 5 nitrogen and oxygen atoms in total. The van der Waals surface area contributed by atoms with Gasteiger partial charge in [0.05, 0.1) is 5.69 Å². The number of nitrogens with one attached hydrogen (secondary N) is 1. The Balaban J connectivity index is 2.04. The molecule has 1 heterocycles. The van der Waals surface area contributed by atoms with Gasteiger partial charge in [0, 0.05) is 24.0 Å². The number of hydrogen-bond donors (Lipinski definition) is 2. The highest BCUT2D eigenvalue weighted by Crippen LogP contribution is 2.22. The molecule has 0 spiro atoms. The summed E-state index contributed by atoms with van der Waals surface area (Å²) in [6.07, 6.45) is 3.92. The minimum atomic E-state index is -3.63. The molecule has 1 aromatic carbocycles. The molecule has 2 aromatic rings. The van der Waals surface area contributed by atoms with Crippen LogP contribution in [0.4, 0.5) is 5.69 Å². The zero-order chi connectivity index (χ0) is 14.6. The Labute approximate surface area is 122 Å². The third-order valence-corrected chi connectivity index (χ3v) is 4.46. The van der Waals surface area contributed by atoms with Crippen molar-refractivity contribution in [2.45, 2.75) is 11.3 Å². The third kappa shape index (κ3) is 3.69. The highest BCUT2D eigenvalue weighted by atomic mass is 35.5. The van der Waals surface area contributed by atoms with Crippen LogP contribution < -0.4 is 10.5 Å². The van der Waals surface area contributed by atoms with Crippen LogP contribution in [0.2, 0.25) is 5.02 Å². The van der Waals surface area contributed by atoms with E-state index in [0.29, 0.717) is 11.4 Å². The van der Waals surface area contributed by atoms with Crippen molar-refractivity contribution in [2.24, 2.45) is 0 Å². The van der Waals surface area contributed by atoms with Crippen LogP contribution in [0.5, 0.6) is 0 Å². The smallest absolute Gasteiger partial charge is 0.242 e. The van der Waals surface area contributed by atoms with Crippen LogP contribution in [-0.4, -0.2) is 19.9 Å². The number of anilines is 1. The number of aromatic nitrogens is 1. The van der Waals surface area contributed by atoms with E-state index in [9.17, 15) is 8.42 Å². The van der Waals surface area contributed by atoms with Crippen LogP contribution in [0.3, 0.4) is 0 Å². The van der Waals surface area contributed by atoms with Crippen molar-refractivity contribution >= 4 is 27.3 Å². The number of rotatable bonds is 5. The molecule has 2 rings (SSSR count). The predicted octanol–water partition coefficient (Wildman–Crippen LogP) is 1.84. The van der Waals surface area contributed by atoms with Gasteiger partial charge in [0.1, 0.15) is 4.90 Å². The topological polar surface area (TPSA) is 85.1 Å². The molecule has 0 aliphatic carbocycles. The average molecular weight is 312 g/mol. The number of pyridine rings is 1. The average Bonchev–Trinajstić information content (AvgIpc) is 2.39. The Hall–Kier alpha value is -1.63. The number of sulfonamides is 1. The zero-order valence-electron chi connectivity index (χ0n) is 10.6. The van der Waals surface area contributed by atoms with Crippen molar-refractivity contribution in [3.8, 4) is 0 Å². The summed E-state index contributed by atoms with van der Waals surface area (Å²) in [4.78, 5) is 4.01. The lowest BCUT2D eigenvalue weighted by atomic mass is 10.2. The largest absolute Gasteiger partial charge is 0.398 e. The highest BCUT2D eigenvalue weighted by Gasteiger charge is 2.16. The molecule has 7 heteroatoms. The van der Waals surface area contributed by atoms with Crippen LogP contribution in [0.15, 0.2) is 47.6 Å². The highest BCUT2D eigenvalue weighted by molar-refractivity contribution is 7.89. The first-order valence-electron chi connectivity index (χ1n) is 5.92. The van der Waals surface area contributed by atoms with Crippen molar-refractivity contribution in [3.05, 3.63) is 53.3 Å². The van der Waals surface area contributed by atoms with Gasteiger partial charge in [-0.15, -0.1) is 0 Å². The van der Waals surface area contributed by atoms with Crippen molar-refractivity contribution in [1.82, 2.24) is 9.71 Å². The molecule has 0 amide bonds. The minimum Gasteiger partial charge on any atom is -0.398 e. The second kappa shape index (κ2) is 6.21. The van der Waals surface area contributed by atoms with Gasteiger partial charge >= 0.3 is 0 Å². The summed E-state index contributed by atoms with van der Waals surface area (Å²) < 4.78 is 26.7. The first kappa shape index (κ1) is 14.8. The molecule has 0 aliphatic heterocycles. The lowest BCUT2D eigenvalue weighted by molar-refractivity contribution is 0.582. The van der Waals surface area contributed by atoms with Crippen LogP contribution >= 0.6 is 11.6 Å². The molecule has 0 fully saturated rings. The van der Waals surface area contributed by atoms with Gasteiger partial charge in [-0.2, -0.15) is 0 Å². The second-order valence-electron chi connectivity index (χ2n) is 4.19. The Morgan fingerprint density at radius 3 is 2.75 bits per heavy atom. The van der Waals surface area contributed by atoms with Crippen molar-refractivity contribution < 1.29 is 8.42 Å². The van der Waals surface area contributed by atoms with E-state index in [0.717, 1.165) is 5.56 Å². The maximum absolute atomic E-state index is 12.1. The van der Waals surface area contributed by atoms with Crippen LogP contribution in [0.25, 0.3) is 0 Å². The molecule has 0 atom stereocenters. The number of halogens is 1. The molecule has 1 aromatic heterocycles. The van der Waals surface area contributed by atoms with Gasteiger partial charge in [-0.1, -0.05) is 17.7 Å². The summed E-state index contributed by atoms with van der Waals surface area (Å²) in [6, 6.07) is 7.99. The fraction of sp³-hybridized carbons (Fsp3) is 0.154. The van der Waals surface area contributed by atoms with E-state index < -0.39 is 10.0 Å². The molecule has 20 heavy (non-hydrogen) atoms. The molecule has 0 aliphatic rings. The van der Waals surface area contributed by atoms with Gasteiger partial charge in [0.15, 0.2) is 0 Å². The fourth-order valence-corrected chi connectivity index (χ4v) is 3.04. The van der Waals surface area contributed by atoms with Crippen LogP contribution in [0, 0.1) is 0 Å². The maximum Gasteiger partial charge on any atom is 0.242 e. The third-order valence-electron chi connectivity index (χ3n) is 2.69. The SMILES string of the molecule is Nc1cc(Cl)ccc1S(=O)(=O)NCCc1cccnc1. The van der Waals surface area contributed by atoms with Crippen LogP contribution in [-0.2, 0) is 16.4 Å². The Morgan fingerprint density at radius 1 is 1.30 bits per heavy atom. The first-order valence-corrected chi connectivity index (χ1v) is 7.79. The van der Waals surface area contributed by atoms with E-state index in [1.54, 1.807) is 18.5 Å². The maximum atomic E-state index is 12.1. The summed E-state index contributed by atoms with van der Waals surface area (Å²) in [5.74, 6) is 0. The summed E-state index contributed by atoms with van der Waals surface area (Å²) in [7, 11) is -3.63. The molecule has 3 N–H and O–H groups in total. The van der Waals surface area contributed by atoms with E-state index >= 15 is 0 Å². The molecule has 0 unspecified atom stereocenters. The monoisotopic (exact) mass is 311 g/mol. The number of hydrogen-bond acceptors (Lipinski definition) is 4. The summed E-state index contributed by atoms with van der Waals surface area (Å²) >= 11 is 5.75. The number of nitrogens with zero attached hydrogens (tertiary/aromatic N) is 1. The van der Waals surface area contributed by atoms with Gasteiger partial charge in [0.2, 0.25) is 10.0 Å². The van der Waals surface area contributed by atoms with E-state index in [-0.39, 0.29) is 17.1 Å². The fourth-order valence-electron chi connectivity index (χ4n) is 1.72. The molecule has 0 bridgehead atoms. The van der Waals surface area contributed by atoms with Gasteiger partial charge in [-0.25, -0.2) is 13.1 Å². The van der Waals surface area contributed by atoms with Crippen LogP contribution in [0.1, 0.15) is 5.56 Å². The van der Waals surface area contributed by atoms with Gasteiger partial charge in [0.25, 0.3) is 0 Å². The normalized spacial score (nSPS) is 11.4. The Morgan fingerprint density at radius 2 is 2.10 bits per heavy atom. The second-order valence-corrected chi connectivity index (χ2v) is 6.36. The lowest BCUT2D eigenvalue weighted by Gasteiger charge is -2.09. The summed E-state index contributed by atoms with van der Waals surface area (Å²) in [6.45, 7) is 0.274. The summed E-state index contributed by atoms with van der Waals surface area (Å²) in [5, 5.41) is 0.400. The lowest BCUT2D eigenvalue weighted by Crippen LogP contribution is -2.26. The molecular weight excluding hydrogens is 298 g/mol. The van der Waals surface area contributed by atoms with Gasteiger partial charge in [-0.05, 0) is 36.2 Å². The Bertz CT molecular complexity index is 690. The van der Waals surface area contributed by atoms with Gasteiger partial charge in [-0.3, -0.25) is 4.98 Å². The number of nitrogens with two attached hydrogens (primary N) is 1. The molecular formula is C13H14ClN3O2S. The van der Waals surface area contributed by atoms with E-state index in [2.05, 4.69) is 9.71 Å². The van der Waals surface area contributed by atoms with E-state index in [1.165, 1.54) is 18.2 Å². The minimum absolute atomic E-state index is 0.0353. The molecule has 0 saturated heterocycles. The van der Waals surface area contributed by atoms with Crippen molar-refractivity contribution in [2.75, 3.05) is 12.3 Å². The van der Waals surface area contributed by atoms with Crippen molar-refractivity contribution in [1.29, 1.82) is 0 Å². The number of benzene rings is 1. The van der Waals surface area contributed by atoms with Gasteiger partial charge < -0.3 is 5.73 Å². The summed E-state index contributed by atoms with van der Waals surface area (Å²) in [5.41, 5.74) is 6.77. The quantitative estimate of drug-likeness (QED) is 0.825. The molecule has 0 saturated carbocycles.